The molecule has 0 spiro atoms. The Kier molecular flexibility index (Phi) is 7.35. The molecule has 2 heterocycles. The lowest BCUT2D eigenvalue weighted by molar-refractivity contribution is 0.271. The zero-order valence-electron chi connectivity index (χ0n) is 13.9. The number of rotatable bonds is 10. The summed E-state index contributed by atoms with van der Waals surface area (Å²) in [6.07, 6.45) is 1.13. The van der Waals surface area contributed by atoms with E-state index in [1.807, 2.05) is 30.1 Å². The van der Waals surface area contributed by atoms with Crippen LogP contribution in [0.25, 0.3) is 0 Å². The molecule has 128 valence electrons. The third kappa shape index (κ3) is 6.14. The Balaban J connectivity index is 1.64. The fourth-order valence-corrected chi connectivity index (χ4v) is 3.83. The Bertz CT molecular complexity index is 596. The van der Waals surface area contributed by atoms with E-state index in [1.54, 1.807) is 4.68 Å². The lowest BCUT2D eigenvalue weighted by atomic mass is 10.3. The fraction of sp³-hybridized carbons (Fsp3) is 0.600. The molecule has 0 radical (unpaired) electrons. The first kappa shape index (κ1) is 18.3. The molecule has 0 aliphatic rings. The summed E-state index contributed by atoms with van der Waals surface area (Å²) in [6, 6.07) is 2.32. The molecule has 0 saturated carbocycles. The van der Waals surface area contributed by atoms with Crippen LogP contribution in [0.15, 0.2) is 11.4 Å². The van der Waals surface area contributed by atoms with Crippen molar-refractivity contribution >= 4 is 29.0 Å². The second-order valence-electron chi connectivity index (χ2n) is 5.59. The Morgan fingerprint density at radius 1 is 1.43 bits per heavy atom. The van der Waals surface area contributed by atoms with Gasteiger partial charge in [0, 0.05) is 36.5 Å². The molecule has 6 nitrogen and oxygen atoms in total. The van der Waals surface area contributed by atoms with E-state index in [0.29, 0.717) is 11.8 Å². The number of thiophene rings is 1. The van der Waals surface area contributed by atoms with Gasteiger partial charge in [0.15, 0.2) is 5.82 Å². The number of hydrogen-bond donors (Lipinski definition) is 2. The number of aromatic nitrogens is 3. The molecule has 0 fully saturated rings. The van der Waals surface area contributed by atoms with Crippen LogP contribution in [-0.2, 0) is 25.8 Å². The van der Waals surface area contributed by atoms with Crippen molar-refractivity contribution in [1.29, 1.82) is 0 Å². The van der Waals surface area contributed by atoms with Gasteiger partial charge in [0.2, 0.25) is 5.95 Å². The Morgan fingerprint density at radius 3 is 2.96 bits per heavy atom. The lowest BCUT2D eigenvalue weighted by Gasteiger charge is -2.07. The van der Waals surface area contributed by atoms with Gasteiger partial charge in [-0.2, -0.15) is 21.8 Å². The number of nitrogens with zero attached hydrogens (tertiary/aromatic N) is 4. The minimum Gasteiger partial charge on any atom is -0.388 e. The summed E-state index contributed by atoms with van der Waals surface area (Å²) in [5.41, 5.74) is 1.41. The van der Waals surface area contributed by atoms with E-state index in [1.165, 1.54) is 10.4 Å². The predicted molar refractivity (Wildman–Crippen MR) is 98.2 cm³/mol. The van der Waals surface area contributed by atoms with Crippen LogP contribution in [-0.4, -0.2) is 57.7 Å². The summed E-state index contributed by atoms with van der Waals surface area (Å²) in [6.45, 7) is 1.81. The van der Waals surface area contributed by atoms with Crippen LogP contribution >= 0.6 is 23.1 Å². The highest BCUT2D eigenvalue weighted by Crippen LogP contribution is 2.20. The largest absolute Gasteiger partial charge is 0.388 e. The molecule has 0 aliphatic carbocycles. The summed E-state index contributed by atoms with van der Waals surface area (Å²) in [7, 11) is 6.04. The number of aliphatic hydroxyl groups excluding tert-OH is 1. The van der Waals surface area contributed by atoms with Gasteiger partial charge in [-0.25, -0.2) is 4.68 Å². The van der Waals surface area contributed by atoms with Crippen LogP contribution in [0.4, 0.5) is 5.95 Å². The van der Waals surface area contributed by atoms with Gasteiger partial charge < -0.3 is 15.3 Å². The van der Waals surface area contributed by atoms with Gasteiger partial charge in [0.1, 0.15) is 6.61 Å². The van der Waals surface area contributed by atoms with Crippen molar-refractivity contribution in [2.24, 2.45) is 7.05 Å². The second kappa shape index (κ2) is 9.27. The summed E-state index contributed by atoms with van der Waals surface area (Å²) in [4.78, 5) is 7.88. The van der Waals surface area contributed by atoms with E-state index in [9.17, 15) is 0 Å². The molecular formula is C15H25N5OS2. The van der Waals surface area contributed by atoms with E-state index >= 15 is 0 Å². The molecule has 0 amide bonds. The molecule has 23 heavy (non-hydrogen) atoms. The number of aryl methyl sites for hydroxylation is 1. The first-order valence-corrected chi connectivity index (χ1v) is 9.65. The Morgan fingerprint density at radius 2 is 2.26 bits per heavy atom. The van der Waals surface area contributed by atoms with E-state index < -0.39 is 0 Å². The van der Waals surface area contributed by atoms with Crippen molar-refractivity contribution in [3.05, 3.63) is 27.7 Å². The van der Waals surface area contributed by atoms with Gasteiger partial charge in [-0.05, 0) is 37.5 Å². The minimum atomic E-state index is -0.126. The molecule has 0 aliphatic heterocycles. The highest BCUT2D eigenvalue weighted by atomic mass is 32.2. The van der Waals surface area contributed by atoms with Crippen molar-refractivity contribution in [2.75, 3.05) is 38.3 Å². The molecular weight excluding hydrogens is 330 g/mol. The zero-order chi connectivity index (χ0) is 16.7. The smallest absolute Gasteiger partial charge is 0.221 e. The summed E-state index contributed by atoms with van der Waals surface area (Å²) < 4.78 is 1.66. The summed E-state index contributed by atoms with van der Waals surface area (Å²) >= 11 is 3.77. The Hall–Kier alpha value is -1.09. The lowest BCUT2D eigenvalue weighted by Crippen LogP contribution is -2.14. The minimum absolute atomic E-state index is 0.126. The van der Waals surface area contributed by atoms with Gasteiger partial charge in [-0.3, -0.25) is 0 Å². The highest BCUT2D eigenvalue weighted by molar-refractivity contribution is 7.98. The maximum absolute atomic E-state index is 9.01. The van der Waals surface area contributed by atoms with E-state index in [2.05, 4.69) is 45.8 Å². The quantitative estimate of drug-likeness (QED) is 0.634. The number of likely N-dealkylation sites (N-methyl/N-ethyl adjacent to an activating group) is 1. The standard InChI is InChI=1S/C15H25N5OS2/c1-19(2)6-4-13-8-12(11-23-13)10-22-7-5-16-15-17-14(9-21)18-20(15)3/h8,11,21H,4-7,9-10H2,1-3H3,(H,16,17,18). The second-order valence-corrected chi connectivity index (χ2v) is 7.69. The molecule has 0 unspecified atom stereocenters. The third-order valence-corrected chi connectivity index (χ3v) is 5.34. The summed E-state index contributed by atoms with van der Waals surface area (Å²) in [5, 5.41) is 18.6. The first-order valence-electron chi connectivity index (χ1n) is 7.62. The van der Waals surface area contributed by atoms with E-state index in [-0.39, 0.29) is 6.61 Å². The maximum Gasteiger partial charge on any atom is 0.221 e. The molecule has 8 heteroatoms. The number of thioether (sulfide) groups is 1. The molecule has 2 aromatic rings. The van der Waals surface area contributed by atoms with Crippen LogP contribution < -0.4 is 5.32 Å². The van der Waals surface area contributed by atoms with Gasteiger partial charge in [-0.1, -0.05) is 0 Å². The predicted octanol–water partition coefficient (Wildman–Crippen LogP) is 1.82. The molecule has 2 rings (SSSR count). The average molecular weight is 356 g/mol. The number of hydrogen-bond acceptors (Lipinski definition) is 7. The molecule has 2 aromatic heterocycles. The van der Waals surface area contributed by atoms with Crippen molar-refractivity contribution in [1.82, 2.24) is 19.7 Å². The monoisotopic (exact) mass is 355 g/mol. The summed E-state index contributed by atoms with van der Waals surface area (Å²) in [5.74, 6) is 3.20. The van der Waals surface area contributed by atoms with Crippen LogP contribution in [0.3, 0.4) is 0 Å². The zero-order valence-corrected chi connectivity index (χ0v) is 15.6. The normalized spacial score (nSPS) is 11.3. The average Bonchev–Trinajstić information content (AvgIpc) is 3.11. The van der Waals surface area contributed by atoms with Crippen molar-refractivity contribution in [2.45, 2.75) is 18.8 Å². The molecule has 2 N–H and O–H groups in total. The molecule has 0 aromatic carbocycles. The van der Waals surface area contributed by atoms with Gasteiger partial charge in [0.25, 0.3) is 0 Å². The molecule has 0 bridgehead atoms. The first-order chi connectivity index (χ1) is 11.1. The number of anilines is 1. The van der Waals surface area contributed by atoms with Crippen molar-refractivity contribution < 1.29 is 5.11 Å². The van der Waals surface area contributed by atoms with Crippen molar-refractivity contribution in [3.63, 3.8) is 0 Å². The third-order valence-electron chi connectivity index (χ3n) is 3.26. The fourth-order valence-electron chi connectivity index (χ4n) is 2.05. The van der Waals surface area contributed by atoms with Crippen molar-refractivity contribution in [3.8, 4) is 0 Å². The van der Waals surface area contributed by atoms with E-state index in [0.717, 1.165) is 31.0 Å². The SMILES string of the molecule is CN(C)CCc1cc(CSCCNc2nc(CO)nn2C)cs1. The van der Waals surface area contributed by atoms with Crippen LogP contribution in [0, 0.1) is 0 Å². The topological polar surface area (TPSA) is 66.2 Å². The van der Waals surface area contributed by atoms with Gasteiger partial charge >= 0.3 is 0 Å². The number of nitrogens with one attached hydrogen (secondary N) is 1. The van der Waals surface area contributed by atoms with Gasteiger partial charge in [0.05, 0.1) is 0 Å². The van der Waals surface area contributed by atoms with Crippen LogP contribution in [0.1, 0.15) is 16.3 Å². The number of aliphatic hydroxyl groups is 1. The Labute approximate surface area is 145 Å². The van der Waals surface area contributed by atoms with Gasteiger partial charge in [-0.15, -0.1) is 11.3 Å². The highest BCUT2D eigenvalue weighted by Gasteiger charge is 2.05. The van der Waals surface area contributed by atoms with Crippen LogP contribution in [0.2, 0.25) is 0 Å². The molecule has 0 saturated heterocycles. The van der Waals surface area contributed by atoms with E-state index in [4.69, 9.17) is 5.11 Å². The van der Waals surface area contributed by atoms with Crippen LogP contribution in [0.5, 0.6) is 0 Å². The molecule has 0 atom stereocenters. The maximum atomic E-state index is 9.01.